The highest BCUT2D eigenvalue weighted by molar-refractivity contribution is 5.83. The van der Waals surface area contributed by atoms with Gasteiger partial charge < -0.3 is 14.5 Å². The molecule has 2 fully saturated rings. The van der Waals surface area contributed by atoms with Gasteiger partial charge in [0.1, 0.15) is 11.7 Å². The quantitative estimate of drug-likeness (QED) is 0.865. The lowest BCUT2D eigenvalue weighted by Gasteiger charge is -2.37. The Balaban J connectivity index is 1.83. The molecule has 0 aromatic carbocycles. The highest BCUT2D eigenvalue weighted by Crippen LogP contribution is 2.68. The number of fused-ring (bicyclic) bond motifs is 2. The van der Waals surface area contributed by atoms with Crippen LogP contribution in [-0.4, -0.2) is 18.1 Å². The average Bonchev–Trinajstić information content (AvgIpc) is 3.23. The summed E-state index contributed by atoms with van der Waals surface area (Å²) in [6.45, 7) is 2.26. The van der Waals surface area contributed by atoms with Crippen molar-refractivity contribution < 1.29 is 13.9 Å². The number of nitrogens with zero attached hydrogens (tertiary/aromatic N) is 1. The number of hydrogen-bond acceptors (Lipinski definition) is 5. The van der Waals surface area contributed by atoms with E-state index < -0.39 is 5.41 Å². The van der Waals surface area contributed by atoms with Crippen LogP contribution in [0.25, 0.3) is 0 Å². The number of nitrogens with one attached hydrogen (secondary N) is 1. The molecule has 1 aromatic rings. The van der Waals surface area contributed by atoms with Gasteiger partial charge in [-0.3, -0.25) is 4.79 Å². The first-order chi connectivity index (χ1) is 11.6. The molecule has 126 valence electrons. The lowest BCUT2D eigenvalue weighted by molar-refractivity contribution is -0.151. The second kappa shape index (κ2) is 5.36. The van der Waals surface area contributed by atoms with E-state index in [4.69, 9.17) is 9.15 Å². The molecule has 2 aliphatic carbocycles. The Kier molecular flexibility index (Phi) is 3.41. The van der Waals surface area contributed by atoms with Crippen LogP contribution in [-0.2, 0) is 14.9 Å². The maximum Gasteiger partial charge on any atom is 0.321 e. The highest BCUT2D eigenvalue weighted by Gasteiger charge is 2.70. The Labute approximate surface area is 141 Å². The molecule has 0 radical (unpaired) electrons. The van der Waals surface area contributed by atoms with Crippen molar-refractivity contribution in [3.8, 4) is 0 Å². The largest absolute Gasteiger partial charge is 0.468 e. The molecule has 2 saturated carbocycles. The monoisotopic (exact) mass is 326 g/mol. The summed E-state index contributed by atoms with van der Waals surface area (Å²) in [5.41, 5.74) is 0.220. The van der Waals surface area contributed by atoms with E-state index in [9.17, 15) is 4.79 Å². The van der Waals surface area contributed by atoms with Gasteiger partial charge in [0.05, 0.1) is 13.3 Å². The predicted molar refractivity (Wildman–Crippen MR) is 88.6 cm³/mol. The summed E-state index contributed by atoms with van der Waals surface area (Å²) in [5.74, 6) is 0.740. The number of rotatable bonds is 3. The standard InChI is InChI=1S/C19H22N2O3/c1-18(15-6-4-3-5-9-20-15)13-7-8-14(18)19(12-13,17(22)23-2)16-21-10-11-24-16/h3-6,9-11,13-14,20H,7-8,12H2,1-2H3. The third-order valence-corrected chi connectivity index (χ3v) is 6.30. The molecule has 24 heavy (non-hydrogen) atoms. The molecule has 4 rings (SSSR count). The summed E-state index contributed by atoms with van der Waals surface area (Å²) in [4.78, 5) is 17.2. The van der Waals surface area contributed by atoms with Crippen LogP contribution in [0.4, 0.5) is 0 Å². The van der Waals surface area contributed by atoms with Gasteiger partial charge in [-0.25, -0.2) is 4.98 Å². The highest BCUT2D eigenvalue weighted by atomic mass is 16.5. The van der Waals surface area contributed by atoms with Gasteiger partial charge in [0.15, 0.2) is 0 Å². The Bertz CT molecular complexity index is 734. The number of allylic oxidation sites excluding steroid dienone is 5. The summed E-state index contributed by atoms with van der Waals surface area (Å²) in [5, 5.41) is 3.42. The number of carbonyl (C=O) groups is 1. The Morgan fingerprint density at radius 1 is 1.38 bits per heavy atom. The van der Waals surface area contributed by atoms with Gasteiger partial charge in [-0.05, 0) is 43.3 Å². The Morgan fingerprint density at radius 2 is 2.25 bits per heavy atom. The number of methoxy groups -OCH3 is 1. The minimum absolute atomic E-state index is 0.0970. The van der Waals surface area contributed by atoms with Crippen molar-refractivity contribution in [2.45, 2.75) is 31.6 Å². The molecule has 2 heterocycles. The van der Waals surface area contributed by atoms with Crippen molar-refractivity contribution in [1.82, 2.24) is 10.3 Å². The van der Waals surface area contributed by atoms with E-state index >= 15 is 0 Å². The number of carbonyl (C=O) groups excluding carboxylic acids is 1. The van der Waals surface area contributed by atoms with E-state index in [0.29, 0.717) is 18.2 Å². The molecular weight excluding hydrogens is 304 g/mol. The number of hydrogen-bond donors (Lipinski definition) is 1. The zero-order valence-electron chi connectivity index (χ0n) is 14.0. The molecule has 2 bridgehead atoms. The third kappa shape index (κ3) is 1.81. The normalized spacial score (nSPS) is 37.0. The SMILES string of the molecule is COC(=O)C1(c2ncco2)CC2CCC1C2(C)C1=CC=CC=CN1. The van der Waals surface area contributed by atoms with E-state index in [-0.39, 0.29) is 17.3 Å². The van der Waals surface area contributed by atoms with Crippen LogP contribution in [0.15, 0.2) is 53.1 Å². The zero-order chi connectivity index (χ0) is 16.8. The van der Waals surface area contributed by atoms with E-state index in [1.807, 2.05) is 24.4 Å². The van der Waals surface area contributed by atoms with Crippen LogP contribution in [0.2, 0.25) is 0 Å². The van der Waals surface area contributed by atoms with Gasteiger partial charge in [-0.2, -0.15) is 0 Å². The molecule has 4 unspecified atom stereocenters. The second-order valence-electron chi connectivity index (χ2n) is 7.08. The fourth-order valence-corrected chi connectivity index (χ4v) is 5.23. The molecular formula is C19H22N2O3. The maximum absolute atomic E-state index is 12.9. The second-order valence-corrected chi connectivity index (χ2v) is 7.08. The first-order valence-electron chi connectivity index (χ1n) is 8.43. The molecule has 1 aliphatic heterocycles. The van der Waals surface area contributed by atoms with Crippen LogP contribution < -0.4 is 5.32 Å². The van der Waals surface area contributed by atoms with Gasteiger partial charge in [-0.15, -0.1) is 0 Å². The van der Waals surface area contributed by atoms with E-state index in [1.54, 1.807) is 6.20 Å². The van der Waals surface area contributed by atoms with Gasteiger partial charge >= 0.3 is 5.97 Å². The molecule has 0 saturated heterocycles. The van der Waals surface area contributed by atoms with E-state index in [0.717, 1.165) is 18.5 Å². The molecule has 0 spiro atoms. The lowest BCUT2D eigenvalue weighted by atomic mass is 9.68. The molecule has 5 nitrogen and oxygen atoms in total. The van der Waals surface area contributed by atoms with E-state index in [1.165, 1.54) is 13.4 Å². The van der Waals surface area contributed by atoms with Crippen LogP contribution in [0.3, 0.4) is 0 Å². The van der Waals surface area contributed by atoms with Gasteiger partial charge in [0, 0.05) is 17.3 Å². The molecule has 1 aromatic heterocycles. The van der Waals surface area contributed by atoms with E-state index in [2.05, 4.69) is 23.3 Å². The number of ether oxygens (including phenoxy) is 1. The first kappa shape index (κ1) is 15.2. The van der Waals surface area contributed by atoms with Crippen LogP contribution >= 0.6 is 0 Å². The molecule has 5 heteroatoms. The predicted octanol–water partition coefficient (Wildman–Crippen LogP) is 3.08. The minimum Gasteiger partial charge on any atom is -0.468 e. The van der Waals surface area contributed by atoms with Crippen molar-refractivity contribution in [2.24, 2.45) is 17.3 Å². The average molecular weight is 326 g/mol. The van der Waals surface area contributed by atoms with Crippen LogP contribution in [0.1, 0.15) is 32.1 Å². The number of esters is 1. The molecule has 3 aliphatic rings. The summed E-state index contributed by atoms with van der Waals surface area (Å²) in [6.07, 6.45) is 16.0. The summed E-state index contributed by atoms with van der Waals surface area (Å²) >= 11 is 0. The third-order valence-electron chi connectivity index (χ3n) is 6.30. The maximum atomic E-state index is 12.9. The van der Waals surface area contributed by atoms with Gasteiger partial charge in [0.25, 0.3) is 0 Å². The Hall–Kier alpha value is -2.30. The topological polar surface area (TPSA) is 64.4 Å². The van der Waals surface area contributed by atoms with Crippen LogP contribution in [0.5, 0.6) is 0 Å². The van der Waals surface area contributed by atoms with Crippen molar-refractivity contribution in [3.05, 3.63) is 54.6 Å². The smallest absolute Gasteiger partial charge is 0.321 e. The minimum atomic E-state index is -0.793. The fraction of sp³-hybridized carbons (Fsp3) is 0.474. The number of oxazole rings is 1. The van der Waals surface area contributed by atoms with Crippen molar-refractivity contribution in [3.63, 3.8) is 0 Å². The number of aromatic nitrogens is 1. The summed E-state index contributed by atoms with van der Waals surface area (Å²) in [7, 11) is 1.45. The fourth-order valence-electron chi connectivity index (χ4n) is 5.23. The van der Waals surface area contributed by atoms with Gasteiger partial charge in [-0.1, -0.05) is 19.1 Å². The lowest BCUT2D eigenvalue weighted by Crippen LogP contribution is -2.45. The van der Waals surface area contributed by atoms with Crippen LogP contribution in [0, 0.1) is 17.3 Å². The molecule has 0 amide bonds. The molecule has 4 atom stereocenters. The zero-order valence-corrected chi connectivity index (χ0v) is 14.0. The summed E-state index contributed by atoms with van der Waals surface area (Å²) < 4.78 is 10.8. The first-order valence-corrected chi connectivity index (χ1v) is 8.43. The van der Waals surface area contributed by atoms with Crippen molar-refractivity contribution in [1.29, 1.82) is 0 Å². The van der Waals surface area contributed by atoms with Crippen molar-refractivity contribution >= 4 is 5.97 Å². The van der Waals surface area contributed by atoms with Crippen molar-refractivity contribution in [2.75, 3.05) is 7.11 Å². The molecule has 1 N–H and O–H groups in total. The Morgan fingerprint density at radius 3 is 3.00 bits per heavy atom. The van der Waals surface area contributed by atoms with Gasteiger partial charge in [0.2, 0.25) is 5.89 Å². The summed E-state index contributed by atoms with van der Waals surface area (Å²) in [6, 6.07) is 0.